The Morgan fingerprint density at radius 2 is 1.95 bits per heavy atom. The molecule has 0 bridgehead atoms. The molecule has 8 nitrogen and oxygen atoms in total. The minimum absolute atomic E-state index is 0.116. The van der Waals surface area contributed by atoms with Gasteiger partial charge in [0.25, 0.3) is 0 Å². The van der Waals surface area contributed by atoms with E-state index < -0.39 is 5.60 Å². The molecule has 1 saturated heterocycles. The van der Waals surface area contributed by atoms with Gasteiger partial charge in [-0.3, -0.25) is 15.1 Å². The van der Waals surface area contributed by atoms with Crippen LogP contribution in [0.2, 0.25) is 0 Å². The number of benzene rings is 2. The molecule has 9 heteroatoms. The van der Waals surface area contributed by atoms with Crippen LogP contribution in [0, 0.1) is 5.41 Å². The van der Waals surface area contributed by atoms with Crippen LogP contribution in [0.15, 0.2) is 48.2 Å². The van der Waals surface area contributed by atoms with Crippen molar-refractivity contribution in [3.8, 4) is 0 Å². The highest BCUT2D eigenvalue weighted by molar-refractivity contribution is 7.19. The van der Waals surface area contributed by atoms with E-state index in [2.05, 4.69) is 5.32 Å². The molecule has 0 saturated carbocycles. The molecular weight excluding hydrogens is 498 g/mol. The molecule has 3 aromatic rings. The second-order valence-corrected chi connectivity index (χ2v) is 11.8. The van der Waals surface area contributed by atoms with E-state index >= 15 is 0 Å². The number of nitrogens with one attached hydrogen (secondary N) is 2. The van der Waals surface area contributed by atoms with Crippen LogP contribution in [0.5, 0.6) is 0 Å². The van der Waals surface area contributed by atoms with Crippen LogP contribution in [0.4, 0.5) is 10.5 Å². The molecule has 1 fully saturated rings. The zero-order chi connectivity index (χ0) is 27.0. The molecule has 2 aliphatic rings. The van der Waals surface area contributed by atoms with Gasteiger partial charge >= 0.3 is 6.09 Å². The van der Waals surface area contributed by atoms with Gasteiger partial charge in [0.1, 0.15) is 10.6 Å². The van der Waals surface area contributed by atoms with Crippen LogP contribution < -0.4 is 10.2 Å². The number of rotatable bonds is 4. The Hall–Kier alpha value is -3.56. The van der Waals surface area contributed by atoms with Gasteiger partial charge in [0.2, 0.25) is 5.91 Å². The maximum atomic E-state index is 13.1. The molecule has 0 unspecified atom stereocenters. The van der Waals surface area contributed by atoms with Gasteiger partial charge in [0.05, 0.1) is 27.3 Å². The lowest BCUT2D eigenvalue weighted by Gasteiger charge is -2.36. The summed E-state index contributed by atoms with van der Waals surface area (Å²) < 4.78 is 6.75. The van der Waals surface area contributed by atoms with Gasteiger partial charge in [-0.05, 0) is 70.5 Å². The molecule has 2 aromatic carbocycles. The maximum absolute atomic E-state index is 13.1. The Balaban J connectivity index is 1.43. The Morgan fingerprint density at radius 3 is 2.66 bits per heavy atom. The predicted molar refractivity (Wildman–Crippen MR) is 152 cm³/mol. The first-order chi connectivity index (χ1) is 18.1. The lowest BCUT2D eigenvalue weighted by atomic mass is 10.0. The summed E-state index contributed by atoms with van der Waals surface area (Å²) in [6.45, 7) is 9.37. The zero-order valence-electron chi connectivity index (χ0n) is 22.2. The van der Waals surface area contributed by atoms with Crippen LogP contribution in [-0.4, -0.2) is 52.3 Å². The zero-order valence-corrected chi connectivity index (χ0v) is 23.0. The predicted octanol–water partition coefficient (Wildman–Crippen LogP) is 5.56. The molecule has 3 heterocycles. The molecule has 0 atom stereocenters. The first-order valence-electron chi connectivity index (χ1n) is 12.9. The van der Waals surface area contributed by atoms with Gasteiger partial charge < -0.3 is 15.0 Å². The Kier molecular flexibility index (Phi) is 7.07. The highest BCUT2D eigenvalue weighted by Crippen LogP contribution is 2.36. The van der Waals surface area contributed by atoms with Gasteiger partial charge in [-0.1, -0.05) is 24.3 Å². The number of piperidine rings is 1. The number of para-hydroxylation sites is 1. The number of hydrogen-bond acceptors (Lipinski definition) is 7. The van der Waals surface area contributed by atoms with Crippen molar-refractivity contribution in [2.45, 2.75) is 58.7 Å². The largest absolute Gasteiger partial charge is 0.444 e. The number of anilines is 1. The van der Waals surface area contributed by atoms with E-state index in [4.69, 9.17) is 15.1 Å². The van der Waals surface area contributed by atoms with Crippen LogP contribution in [-0.2, 0) is 16.1 Å². The average Bonchev–Trinajstić information content (AvgIpc) is 3.40. The van der Waals surface area contributed by atoms with Crippen molar-refractivity contribution in [3.05, 3.63) is 64.3 Å². The number of thiazole rings is 1. The quantitative estimate of drug-likeness (QED) is 0.459. The molecule has 2 N–H and O–H groups in total. The third kappa shape index (κ3) is 5.35. The van der Waals surface area contributed by atoms with E-state index in [1.54, 1.807) is 4.90 Å². The highest BCUT2D eigenvalue weighted by Gasteiger charge is 2.32. The minimum Gasteiger partial charge on any atom is -0.444 e. The molecule has 5 rings (SSSR count). The van der Waals surface area contributed by atoms with Gasteiger partial charge in [-0.25, -0.2) is 9.78 Å². The highest BCUT2D eigenvalue weighted by atomic mass is 32.1. The van der Waals surface area contributed by atoms with Gasteiger partial charge in [0, 0.05) is 31.1 Å². The average molecular weight is 532 g/mol. The second kappa shape index (κ2) is 10.3. The van der Waals surface area contributed by atoms with Crippen LogP contribution >= 0.6 is 11.3 Å². The monoisotopic (exact) mass is 531 g/mol. The van der Waals surface area contributed by atoms with Crippen molar-refractivity contribution in [3.63, 3.8) is 0 Å². The fourth-order valence-corrected chi connectivity index (χ4v) is 5.87. The summed E-state index contributed by atoms with van der Waals surface area (Å²) in [5.74, 6) is -0.144. The number of ether oxygens (including phenoxy) is 1. The molecule has 0 radical (unpaired) electrons. The normalized spacial score (nSPS) is 17.2. The van der Waals surface area contributed by atoms with E-state index in [0.717, 1.165) is 58.0 Å². The summed E-state index contributed by atoms with van der Waals surface area (Å²) in [5, 5.41) is 12.8. The number of carbonyl (C=O) groups excluding carboxylic acids is 2. The summed E-state index contributed by atoms with van der Waals surface area (Å²) >= 11 is 1.51. The van der Waals surface area contributed by atoms with Gasteiger partial charge in [-0.2, -0.15) is 0 Å². The van der Waals surface area contributed by atoms with Crippen LogP contribution in [0.1, 0.15) is 56.7 Å². The third-order valence-electron chi connectivity index (χ3n) is 6.69. The molecular formula is C29H33N5O3S. The van der Waals surface area contributed by atoms with Crippen LogP contribution in [0.3, 0.4) is 0 Å². The molecule has 198 valence electrons. The number of carbonyl (C=O) groups is 2. The topological polar surface area (TPSA) is 98.6 Å². The first kappa shape index (κ1) is 26.1. The number of aromatic nitrogens is 1. The summed E-state index contributed by atoms with van der Waals surface area (Å²) in [7, 11) is 0. The van der Waals surface area contributed by atoms with Crippen molar-refractivity contribution >= 4 is 51.0 Å². The SMILES string of the molecule is CC(=O)N1/C(=C\c2nc3cc(CN(C(=O)OC(C)(C)C)C4CCNCC4)ccc3s2)C(=N)c2ccccc21. The fourth-order valence-electron chi connectivity index (χ4n) is 4.98. The lowest BCUT2D eigenvalue weighted by Crippen LogP contribution is -2.47. The Morgan fingerprint density at radius 1 is 1.21 bits per heavy atom. The standard InChI is InChI=1S/C29H33N5O3S/c1-18(35)34-23-8-6-5-7-21(23)27(30)24(34)16-26-32-22-15-19(9-10-25(22)38-26)17-33(20-11-13-31-14-12-20)28(36)37-29(2,3)4/h5-10,15-16,20,30-31H,11-14,17H2,1-4H3/b24-16-,30-27?. The number of fused-ring (bicyclic) bond motifs is 2. The minimum atomic E-state index is -0.565. The van der Waals surface area contributed by atoms with E-state index in [9.17, 15) is 9.59 Å². The number of nitrogens with zero attached hydrogens (tertiary/aromatic N) is 3. The molecule has 2 amide bonds. The van der Waals surface area contributed by atoms with Crippen molar-refractivity contribution in [2.24, 2.45) is 0 Å². The van der Waals surface area contributed by atoms with E-state index in [1.807, 2.05) is 74.2 Å². The lowest BCUT2D eigenvalue weighted by molar-refractivity contribution is -0.116. The molecule has 2 aliphatic heterocycles. The maximum Gasteiger partial charge on any atom is 0.410 e. The van der Waals surface area contributed by atoms with Crippen molar-refractivity contribution in [2.75, 3.05) is 18.0 Å². The summed E-state index contributed by atoms with van der Waals surface area (Å²) in [6, 6.07) is 13.7. The van der Waals surface area contributed by atoms with Crippen molar-refractivity contribution < 1.29 is 14.3 Å². The van der Waals surface area contributed by atoms with Gasteiger partial charge in [-0.15, -0.1) is 11.3 Å². The fraction of sp³-hybridized carbons (Fsp3) is 0.379. The Bertz CT molecular complexity index is 1430. The molecule has 1 aromatic heterocycles. The second-order valence-electron chi connectivity index (χ2n) is 10.7. The van der Waals surface area contributed by atoms with Crippen molar-refractivity contribution in [1.82, 2.24) is 15.2 Å². The third-order valence-corrected chi connectivity index (χ3v) is 7.67. The molecule has 0 aliphatic carbocycles. The summed E-state index contributed by atoms with van der Waals surface area (Å²) in [4.78, 5) is 33.9. The Labute approximate surface area is 226 Å². The molecule has 0 spiro atoms. The van der Waals surface area contributed by atoms with Crippen LogP contribution in [0.25, 0.3) is 16.3 Å². The van der Waals surface area contributed by atoms with E-state index in [0.29, 0.717) is 18.0 Å². The number of amides is 2. The van der Waals surface area contributed by atoms with Gasteiger partial charge in [0.15, 0.2) is 0 Å². The van der Waals surface area contributed by atoms with E-state index in [1.165, 1.54) is 18.3 Å². The number of hydrogen-bond donors (Lipinski definition) is 2. The smallest absolute Gasteiger partial charge is 0.410 e. The first-order valence-corrected chi connectivity index (χ1v) is 13.7. The summed E-state index contributed by atoms with van der Waals surface area (Å²) in [6.07, 6.45) is 3.29. The van der Waals surface area contributed by atoms with E-state index in [-0.39, 0.29) is 18.0 Å². The number of allylic oxidation sites excluding steroid dienone is 1. The summed E-state index contributed by atoms with van der Waals surface area (Å²) in [5.41, 5.74) is 3.54. The van der Waals surface area contributed by atoms with Crippen molar-refractivity contribution in [1.29, 1.82) is 5.41 Å². The molecule has 38 heavy (non-hydrogen) atoms.